The largest absolute Gasteiger partial charge is 0.384 e. The van der Waals surface area contributed by atoms with Crippen LogP contribution in [0.2, 0.25) is 0 Å². The first-order chi connectivity index (χ1) is 9.76. The van der Waals surface area contributed by atoms with Crippen LogP contribution in [0.15, 0.2) is 23.8 Å². The summed E-state index contributed by atoms with van der Waals surface area (Å²) < 4.78 is 0. The second-order valence-electron chi connectivity index (χ2n) is 4.27. The van der Waals surface area contributed by atoms with Crippen LogP contribution in [0.1, 0.15) is 17.6 Å². The van der Waals surface area contributed by atoms with Gasteiger partial charge in [-0.3, -0.25) is 0 Å². The van der Waals surface area contributed by atoms with E-state index in [4.69, 9.17) is 5.73 Å². The number of nitrogens with one attached hydrogen (secondary N) is 1. The molecule has 0 aliphatic heterocycles. The molecule has 102 valence electrons. The van der Waals surface area contributed by atoms with E-state index in [0.29, 0.717) is 18.0 Å². The molecule has 0 bridgehead atoms. The van der Waals surface area contributed by atoms with Gasteiger partial charge in [0.25, 0.3) is 0 Å². The van der Waals surface area contributed by atoms with Gasteiger partial charge in [-0.2, -0.15) is 0 Å². The average Bonchev–Trinajstić information content (AvgIpc) is 2.92. The summed E-state index contributed by atoms with van der Waals surface area (Å²) in [5.41, 5.74) is 7.26. The van der Waals surface area contributed by atoms with Crippen molar-refractivity contribution in [2.45, 2.75) is 19.9 Å². The topological polar surface area (TPSA) is 89.6 Å². The van der Waals surface area contributed by atoms with Gasteiger partial charge in [-0.15, -0.1) is 11.3 Å². The standard InChI is InChI=1S/C13H14N6S/c1-2-11-18-8(6-20-11)5-15-12-9-3-4-10(14)19-13(9)17-7-16-12/h3-4,6-7H,2,5H2,1H3,(H3,14,15,16,17,19). The van der Waals surface area contributed by atoms with Crippen molar-refractivity contribution in [3.8, 4) is 0 Å². The van der Waals surface area contributed by atoms with Crippen LogP contribution in [-0.4, -0.2) is 19.9 Å². The van der Waals surface area contributed by atoms with Gasteiger partial charge < -0.3 is 11.1 Å². The van der Waals surface area contributed by atoms with E-state index in [1.165, 1.54) is 6.33 Å². The van der Waals surface area contributed by atoms with Gasteiger partial charge in [-0.05, 0) is 18.6 Å². The fourth-order valence-corrected chi connectivity index (χ4v) is 2.61. The molecule has 0 aromatic carbocycles. The highest BCUT2D eigenvalue weighted by atomic mass is 32.1. The molecule has 0 saturated heterocycles. The lowest BCUT2D eigenvalue weighted by atomic mass is 10.3. The molecule has 7 heteroatoms. The third-order valence-corrected chi connectivity index (χ3v) is 3.90. The van der Waals surface area contributed by atoms with Crippen molar-refractivity contribution in [2.24, 2.45) is 0 Å². The van der Waals surface area contributed by atoms with Gasteiger partial charge in [0.05, 0.1) is 22.6 Å². The summed E-state index contributed by atoms with van der Waals surface area (Å²) in [5.74, 6) is 1.20. The van der Waals surface area contributed by atoms with Crippen LogP contribution >= 0.6 is 11.3 Å². The van der Waals surface area contributed by atoms with Crippen molar-refractivity contribution in [1.29, 1.82) is 0 Å². The zero-order valence-electron chi connectivity index (χ0n) is 11.0. The molecule has 0 spiro atoms. The summed E-state index contributed by atoms with van der Waals surface area (Å²) in [4.78, 5) is 17.1. The number of hydrogen-bond donors (Lipinski definition) is 2. The van der Waals surface area contributed by atoms with Gasteiger partial charge in [0.1, 0.15) is 18.0 Å². The Labute approximate surface area is 120 Å². The van der Waals surface area contributed by atoms with E-state index in [1.807, 2.05) is 6.07 Å². The van der Waals surface area contributed by atoms with E-state index < -0.39 is 0 Å². The van der Waals surface area contributed by atoms with Gasteiger partial charge in [-0.1, -0.05) is 6.92 Å². The molecule has 0 saturated carbocycles. The Balaban J connectivity index is 1.83. The predicted molar refractivity (Wildman–Crippen MR) is 80.6 cm³/mol. The predicted octanol–water partition coefficient (Wildman–Crippen LogP) is 2.24. The zero-order valence-corrected chi connectivity index (χ0v) is 11.8. The summed E-state index contributed by atoms with van der Waals surface area (Å²) in [7, 11) is 0. The minimum absolute atomic E-state index is 0.453. The Hall–Kier alpha value is -2.28. The fraction of sp³-hybridized carbons (Fsp3) is 0.231. The third-order valence-electron chi connectivity index (χ3n) is 2.86. The van der Waals surface area contributed by atoms with E-state index in [1.54, 1.807) is 17.4 Å². The molecule has 0 radical (unpaired) electrons. The quantitative estimate of drug-likeness (QED) is 0.764. The fourth-order valence-electron chi connectivity index (χ4n) is 1.86. The molecule has 3 heterocycles. The van der Waals surface area contributed by atoms with Crippen LogP contribution in [0.4, 0.5) is 11.6 Å². The Morgan fingerprint density at radius 2 is 2.15 bits per heavy atom. The van der Waals surface area contributed by atoms with E-state index in [2.05, 4.69) is 37.6 Å². The lowest BCUT2D eigenvalue weighted by molar-refractivity contribution is 1.00. The molecule has 0 aliphatic rings. The number of anilines is 2. The number of pyridine rings is 1. The number of nitrogens with zero attached hydrogens (tertiary/aromatic N) is 4. The number of fused-ring (bicyclic) bond motifs is 1. The summed E-state index contributed by atoms with van der Waals surface area (Å²) in [6, 6.07) is 3.62. The molecule has 0 unspecified atom stereocenters. The van der Waals surface area contributed by atoms with E-state index in [0.717, 1.165) is 28.3 Å². The molecule has 3 rings (SSSR count). The Kier molecular flexibility index (Phi) is 3.42. The van der Waals surface area contributed by atoms with E-state index >= 15 is 0 Å². The molecule has 3 N–H and O–H groups in total. The van der Waals surface area contributed by atoms with Crippen molar-refractivity contribution in [1.82, 2.24) is 19.9 Å². The normalized spacial score (nSPS) is 10.8. The smallest absolute Gasteiger partial charge is 0.166 e. The first kappa shape index (κ1) is 12.7. The van der Waals surface area contributed by atoms with Crippen molar-refractivity contribution >= 4 is 34.0 Å². The number of nitrogen functional groups attached to an aromatic ring is 1. The molecule has 0 atom stereocenters. The number of nitrogens with two attached hydrogens (primary N) is 1. The van der Waals surface area contributed by atoms with Crippen LogP contribution in [0.25, 0.3) is 11.0 Å². The van der Waals surface area contributed by atoms with Gasteiger partial charge in [0.15, 0.2) is 5.65 Å². The summed E-state index contributed by atoms with van der Waals surface area (Å²) in [6.07, 6.45) is 2.44. The van der Waals surface area contributed by atoms with E-state index in [9.17, 15) is 0 Å². The van der Waals surface area contributed by atoms with Crippen LogP contribution in [-0.2, 0) is 13.0 Å². The molecular formula is C13H14N6S. The summed E-state index contributed by atoms with van der Waals surface area (Å²) >= 11 is 1.68. The van der Waals surface area contributed by atoms with Crippen LogP contribution in [0, 0.1) is 0 Å². The maximum Gasteiger partial charge on any atom is 0.166 e. The maximum absolute atomic E-state index is 5.66. The number of hydrogen-bond acceptors (Lipinski definition) is 7. The number of thiazole rings is 1. The highest BCUT2D eigenvalue weighted by molar-refractivity contribution is 7.09. The second kappa shape index (κ2) is 5.38. The number of aromatic nitrogens is 4. The molecule has 3 aromatic rings. The van der Waals surface area contributed by atoms with Gasteiger partial charge >= 0.3 is 0 Å². The van der Waals surface area contributed by atoms with Gasteiger partial charge in [-0.25, -0.2) is 19.9 Å². The number of aryl methyl sites for hydroxylation is 1. The van der Waals surface area contributed by atoms with Gasteiger partial charge in [0.2, 0.25) is 0 Å². The van der Waals surface area contributed by atoms with E-state index in [-0.39, 0.29) is 0 Å². The zero-order chi connectivity index (χ0) is 13.9. The Bertz CT molecular complexity index is 739. The lowest BCUT2D eigenvalue weighted by Crippen LogP contribution is -2.04. The van der Waals surface area contributed by atoms with Gasteiger partial charge in [0, 0.05) is 5.38 Å². The maximum atomic E-state index is 5.66. The van der Waals surface area contributed by atoms with Crippen molar-refractivity contribution in [3.63, 3.8) is 0 Å². The molecule has 3 aromatic heterocycles. The summed E-state index contributed by atoms with van der Waals surface area (Å²) in [6.45, 7) is 2.73. The van der Waals surface area contributed by atoms with Crippen LogP contribution < -0.4 is 11.1 Å². The minimum atomic E-state index is 0.453. The molecule has 20 heavy (non-hydrogen) atoms. The molecule has 0 fully saturated rings. The molecule has 0 amide bonds. The highest BCUT2D eigenvalue weighted by Crippen LogP contribution is 2.19. The Morgan fingerprint density at radius 3 is 2.95 bits per heavy atom. The first-order valence-corrected chi connectivity index (χ1v) is 7.18. The van der Waals surface area contributed by atoms with Crippen molar-refractivity contribution < 1.29 is 0 Å². The number of rotatable bonds is 4. The summed E-state index contributed by atoms with van der Waals surface area (Å²) in [5, 5.41) is 7.33. The van der Waals surface area contributed by atoms with Crippen LogP contribution in [0.5, 0.6) is 0 Å². The second-order valence-corrected chi connectivity index (χ2v) is 5.21. The monoisotopic (exact) mass is 286 g/mol. The molecule has 0 aliphatic carbocycles. The first-order valence-electron chi connectivity index (χ1n) is 6.30. The molecule has 6 nitrogen and oxygen atoms in total. The SMILES string of the molecule is CCc1nc(CNc2ncnc3nc(N)ccc23)cs1. The Morgan fingerprint density at radius 1 is 1.25 bits per heavy atom. The minimum Gasteiger partial charge on any atom is -0.384 e. The molecular weight excluding hydrogens is 272 g/mol. The lowest BCUT2D eigenvalue weighted by Gasteiger charge is -2.06. The third kappa shape index (κ3) is 2.53. The van der Waals surface area contributed by atoms with Crippen LogP contribution in [0.3, 0.4) is 0 Å². The average molecular weight is 286 g/mol. The van der Waals surface area contributed by atoms with Crippen molar-refractivity contribution in [2.75, 3.05) is 11.1 Å². The highest BCUT2D eigenvalue weighted by Gasteiger charge is 2.06. The van der Waals surface area contributed by atoms with Crippen molar-refractivity contribution in [3.05, 3.63) is 34.5 Å².